The lowest BCUT2D eigenvalue weighted by Gasteiger charge is -2.23. The average molecular weight is 831 g/mol. The van der Waals surface area contributed by atoms with Crippen LogP contribution in [0.3, 0.4) is 0 Å². The molecule has 62 heavy (non-hydrogen) atoms. The molecule has 14 nitrogen and oxygen atoms in total. The number of amides is 2. The number of ether oxygens (including phenoxy) is 1. The predicted octanol–water partition coefficient (Wildman–Crippen LogP) is 8.78. The molecule has 2 heterocycles. The summed E-state index contributed by atoms with van der Waals surface area (Å²) >= 11 is 0. The number of hydrogen-bond donors (Lipinski definition) is 6. The van der Waals surface area contributed by atoms with Crippen molar-refractivity contribution in [2.75, 3.05) is 23.8 Å². The average Bonchev–Trinajstić information content (AvgIpc) is 4.07. The molecule has 1 saturated heterocycles. The van der Waals surface area contributed by atoms with E-state index < -0.39 is 36.1 Å². The van der Waals surface area contributed by atoms with E-state index in [0.717, 1.165) is 46.0 Å². The third-order valence-electron chi connectivity index (χ3n) is 9.80. The number of carbonyl (C=O) groups excluding carboxylic acids is 2. The van der Waals surface area contributed by atoms with Gasteiger partial charge in [-0.05, 0) is 84.6 Å². The molecule has 4 atom stereocenters. The van der Waals surface area contributed by atoms with Gasteiger partial charge in [-0.1, -0.05) is 97.1 Å². The van der Waals surface area contributed by atoms with Crippen LogP contribution >= 0.6 is 0 Å². The summed E-state index contributed by atoms with van der Waals surface area (Å²) in [5.74, 6) is -0.360. The molecule has 314 valence electrons. The third-order valence-corrected chi connectivity index (χ3v) is 9.80. The Labute approximate surface area is 359 Å². The Hall–Kier alpha value is -7.62. The molecule has 1 aliphatic heterocycles. The number of aromatic nitrogens is 2. The zero-order valence-electron chi connectivity index (χ0n) is 34.2. The van der Waals surface area contributed by atoms with Crippen LogP contribution in [0.2, 0.25) is 0 Å². The number of benzene rings is 6. The Morgan fingerprint density at radius 3 is 1.65 bits per heavy atom. The van der Waals surface area contributed by atoms with Gasteiger partial charge in [-0.2, -0.15) is 0 Å². The number of hydrazine groups is 1. The molecule has 0 bridgehead atoms. The van der Waals surface area contributed by atoms with Crippen molar-refractivity contribution in [2.45, 2.75) is 51.0 Å². The van der Waals surface area contributed by atoms with Crippen molar-refractivity contribution >= 4 is 56.1 Å². The first kappa shape index (κ1) is 43.9. The van der Waals surface area contributed by atoms with Gasteiger partial charge in [0.15, 0.2) is 11.4 Å². The quantitative estimate of drug-likeness (QED) is 0.0577. The molecular weight excluding hydrogens is 785 g/mol. The first-order valence-electron chi connectivity index (χ1n) is 20.0. The summed E-state index contributed by atoms with van der Waals surface area (Å²) in [6, 6.07) is 38.3. The maximum Gasteiger partial charge on any atom is 0.269 e. The monoisotopic (exact) mass is 830 g/mol. The highest BCUT2D eigenvalue weighted by molar-refractivity contribution is 6.04. The van der Waals surface area contributed by atoms with Crippen LogP contribution in [0.1, 0.15) is 49.0 Å². The van der Waals surface area contributed by atoms with Gasteiger partial charge in [-0.3, -0.25) is 20.4 Å². The fraction of sp³-hybridized carbons (Fsp3) is 0.208. The van der Waals surface area contributed by atoms with Gasteiger partial charge in [0, 0.05) is 35.7 Å². The number of rotatable bonds is 10. The minimum Gasteiger partial charge on any atom is -0.418 e. The second-order valence-corrected chi connectivity index (χ2v) is 14.2. The molecule has 7 aromatic rings. The van der Waals surface area contributed by atoms with Gasteiger partial charge in [-0.25, -0.2) is 9.69 Å². The molecule has 14 heteroatoms. The van der Waals surface area contributed by atoms with E-state index in [1.807, 2.05) is 84.9 Å². The minimum atomic E-state index is -1.04. The SMILES string of the molecule is C1CCOC1.[C-]#[N+]c1ccc(N[C@@H](C(=O)NNC(=O)c2ccccc2)[C@H](C)O)c2ccccc12.[C-]#[N+]c1ccc(N[C@@H](c2nnc(-c3ccccc3)o2)[C@H](C)O)c2ccccc12. The van der Waals surface area contributed by atoms with E-state index in [1.165, 1.54) is 19.8 Å². The summed E-state index contributed by atoms with van der Waals surface area (Å²) in [5, 5.41) is 38.3. The summed E-state index contributed by atoms with van der Waals surface area (Å²) in [5.41, 5.74) is 8.37. The largest absolute Gasteiger partial charge is 0.418 e. The van der Waals surface area contributed by atoms with E-state index in [0.29, 0.717) is 34.4 Å². The third kappa shape index (κ3) is 11.1. The molecule has 6 N–H and O–H groups in total. The molecule has 1 aromatic heterocycles. The molecule has 0 radical (unpaired) electrons. The first-order valence-corrected chi connectivity index (χ1v) is 20.0. The Morgan fingerprint density at radius 2 is 1.15 bits per heavy atom. The molecule has 1 fully saturated rings. The number of nitrogens with zero attached hydrogens (tertiary/aromatic N) is 4. The van der Waals surface area contributed by atoms with Gasteiger partial charge in [0.1, 0.15) is 12.1 Å². The van der Waals surface area contributed by atoms with E-state index in [2.05, 4.69) is 41.4 Å². The molecule has 6 aromatic carbocycles. The second kappa shape index (κ2) is 21.6. The number of fused-ring (bicyclic) bond motifs is 2. The summed E-state index contributed by atoms with van der Waals surface area (Å²) in [4.78, 5) is 31.8. The molecule has 0 unspecified atom stereocenters. The van der Waals surface area contributed by atoms with Gasteiger partial charge in [0.25, 0.3) is 11.8 Å². The maximum atomic E-state index is 12.6. The first-order chi connectivity index (χ1) is 30.2. The fourth-order valence-corrected chi connectivity index (χ4v) is 6.57. The summed E-state index contributed by atoms with van der Waals surface area (Å²) in [7, 11) is 0. The van der Waals surface area contributed by atoms with Crippen LogP contribution in [0.5, 0.6) is 0 Å². The predicted molar refractivity (Wildman–Crippen MR) is 239 cm³/mol. The number of nitrogens with one attached hydrogen (secondary N) is 4. The number of aliphatic hydroxyl groups is 2. The highest BCUT2D eigenvalue weighted by Crippen LogP contribution is 2.35. The van der Waals surface area contributed by atoms with Crippen LogP contribution < -0.4 is 21.5 Å². The van der Waals surface area contributed by atoms with Crippen LogP contribution in [-0.4, -0.2) is 63.7 Å². The molecule has 8 rings (SSSR count). The van der Waals surface area contributed by atoms with E-state index in [1.54, 1.807) is 55.5 Å². The van der Waals surface area contributed by atoms with Gasteiger partial charge in [0.2, 0.25) is 11.8 Å². The Bertz CT molecular complexity index is 2660. The summed E-state index contributed by atoms with van der Waals surface area (Å²) in [6.45, 7) is 19.8. The van der Waals surface area contributed by atoms with Crippen molar-refractivity contribution in [2.24, 2.45) is 0 Å². The van der Waals surface area contributed by atoms with Crippen LogP contribution in [0.15, 0.2) is 138 Å². The lowest BCUT2D eigenvalue weighted by molar-refractivity contribution is -0.124. The maximum absolute atomic E-state index is 12.6. The standard InChI is InChI=1S/C22H20N4O3.C22H18N4O2.C4H8O/c1-14(27)20(22(29)26-25-21(28)15-8-4-3-5-9-15)24-19-13-12-18(23-2)16-10-6-7-11-17(16)19;1-14(27)20(22-26-25-21(28-22)15-8-4-3-5-9-15)24-19-13-12-18(23-2)16-10-6-7-11-17(16)19;1-2-4-5-3-1/h3-14,20,24,27H,1H3,(H,25,28)(H,26,29);3-14,20,24,27H,1H3;1-4H2/t2*14-,20+;/m00./s1. The second-order valence-electron chi connectivity index (χ2n) is 14.2. The van der Waals surface area contributed by atoms with Gasteiger partial charge < -0.3 is 30.0 Å². The lowest BCUT2D eigenvalue weighted by Crippen LogP contribution is -2.52. The van der Waals surface area contributed by atoms with Gasteiger partial charge in [-0.15, -0.1) is 10.2 Å². The molecule has 0 aliphatic carbocycles. The van der Waals surface area contributed by atoms with E-state index >= 15 is 0 Å². The highest BCUT2D eigenvalue weighted by Gasteiger charge is 2.26. The Kier molecular flexibility index (Phi) is 15.3. The van der Waals surface area contributed by atoms with Crippen molar-refractivity contribution in [3.8, 4) is 11.5 Å². The van der Waals surface area contributed by atoms with Crippen LogP contribution in [0.4, 0.5) is 22.7 Å². The van der Waals surface area contributed by atoms with Crippen molar-refractivity contribution in [3.05, 3.63) is 168 Å². The normalized spacial score (nSPS) is 13.6. The van der Waals surface area contributed by atoms with Gasteiger partial charge in [0.05, 0.1) is 25.4 Å². The van der Waals surface area contributed by atoms with E-state index in [9.17, 15) is 19.8 Å². The minimum absolute atomic E-state index is 0.298. The zero-order chi connectivity index (χ0) is 43.8. The Balaban J connectivity index is 0.000000186. The fourth-order valence-electron chi connectivity index (χ4n) is 6.57. The number of aliphatic hydroxyl groups excluding tert-OH is 2. The smallest absolute Gasteiger partial charge is 0.269 e. The molecule has 2 amide bonds. The molecule has 1 aliphatic rings. The van der Waals surface area contributed by atoms with Crippen molar-refractivity contribution in [1.82, 2.24) is 21.0 Å². The molecule has 0 spiro atoms. The molecular formula is C48H46N8O6. The Morgan fingerprint density at radius 1 is 0.629 bits per heavy atom. The van der Waals surface area contributed by atoms with Crippen molar-refractivity contribution in [3.63, 3.8) is 0 Å². The lowest BCUT2D eigenvalue weighted by atomic mass is 10.1. The van der Waals surface area contributed by atoms with Crippen LogP contribution in [-0.2, 0) is 9.53 Å². The van der Waals surface area contributed by atoms with Crippen molar-refractivity contribution < 1.29 is 29.0 Å². The van der Waals surface area contributed by atoms with E-state index in [-0.39, 0.29) is 0 Å². The van der Waals surface area contributed by atoms with Gasteiger partial charge >= 0.3 is 0 Å². The number of hydrogen-bond acceptors (Lipinski definition) is 10. The summed E-state index contributed by atoms with van der Waals surface area (Å²) < 4.78 is 10.8. The van der Waals surface area contributed by atoms with Crippen LogP contribution in [0.25, 0.3) is 42.7 Å². The summed E-state index contributed by atoms with van der Waals surface area (Å²) in [6.07, 6.45) is 0.742. The zero-order valence-corrected chi connectivity index (χ0v) is 34.2. The number of carbonyl (C=O) groups is 2. The van der Waals surface area contributed by atoms with Crippen molar-refractivity contribution in [1.29, 1.82) is 0 Å². The molecule has 0 saturated carbocycles. The van der Waals surface area contributed by atoms with E-state index in [4.69, 9.17) is 22.3 Å². The topological polar surface area (TPSA) is 180 Å². The number of anilines is 2. The van der Waals surface area contributed by atoms with Crippen LogP contribution in [0, 0.1) is 13.1 Å². The highest BCUT2D eigenvalue weighted by atomic mass is 16.5.